The molecule has 6 heteroatoms. The number of rotatable bonds is 2. The second kappa shape index (κ2) is 4.87. The third-order valence-electron chi connectivity index (χ3n) is 3.61. The first-order valence-corrected chi connectivity index (χ1v) is 6.58. The average Bonchev–Trinajstić information content (AvgIpc) is 2.71. The lowest BCUT2D eigenvalue weighted by atomic mass is 9.96. The molecule has 110 valence electrons. The number of Topliss-reactive ketones (excluding diaryl/α,β-unsaturated/α-hetero) is 1. The number of fused-ring (bicyclic) bond motifs is 1. The van der Waals surface area contributed by atoms with Crippen molar-refractivity contribution in [1.82, 2.24) is 9.78 Å². The molecule has 0 spiro atoms. The summed E-state index contributed by atoms with van der Waals surface area (Å²) in [6.07, 6.45) is -0.336. The van der Waals surface area contributed by atoms with Crippen LogP contribution in [0.4, 0.5) is 4.39 Å². The van der Waals surface area contributed by atoms with Gasteiger partial charge in [-0.3, -0.25) is 4.79 Å². The SMILES string of the molecule is COc1c(C2CC(=O)c3ccc(F)cc3O2)c(C)nn1C. The van der Waals surface area contributed by atoms with Crippen LogP contribution in [0.3, 0.4) is 0 Å². The number of halogens is 1. The molecule has 0 fully saturated rings. The van der Waals surface area contributed by atoms with Gasteiger partial charge < -0.3 is 9.47 Å². The zero-order valence-corrected chi connectivity index (χ0v) is 12.0. The van der Waals surface area contributed by atoms with E-state index < -0.39 is 11.9 Å². The molecule has 0 saturated heterocycles. The lowest BCUT2D eigenvalue weighted by molar-refractivity contribution is 0.0845. The fourth-order valence-electron chi connectivity index (χ4n) is 2.72. The van der Waals surface area contributed by atoms with Crippen molar-refractivity contribution in [2.45, 2.75) is 19.4 Å². The summed E-state index contributed by atoms with van der Waals surface area (Å²) in [6.45, 7) is 1.83. The summed E-state index contributed by atoms with van der Waals surface area (Å²) in [7, 11) is 3.30. The summed E-state index contributed by atoms with van der Waals surface area (Å²) in [5, 5.41) is 4.28. The van der Waals surface area contributed by atoms with Crippen molar-refractivity contribution in [3.05, 3.63) is 40.8 Å². The van der Waals surface area contributed by atoms with E-state index >= 15 is 0 Å². The number of hydrogen-bond donors (Lipinski definition) is 0. The highest BCUT2D eigenvalue weighted by Gasteiger charge is 2.33. The molecule has 1 unspecified atom stereocenters. The molecule has 0 amide bonds. The van der Waals surface area contributed by atoms with Crippen molar-refractivity contribution in [2.75, 3.05) is 7.11 Å². The molecule has 0 saturated carbocycles. The van der Waals surface area contributed by atoms with E-state index in [-0.39, 0.29) is 18.0 Å². The van der Waals surface area contributed by atoms with Gasteiger partial charge in [0.2, 0.25) is 5.88 Å². The van der Waals surface area contributed by atoms with E-state index in [0.29, 0.717) is 11.4 Å². The minimum Gasteiger partial charge on any atom is -0.484 e. The second-order valence-corrected chi connectivity index (χ2v) is 5.01. The Morgan fingerprint density at radius 2 is 2.24 bits per heavy atom. The monoisotopic (exact) mass is 290 g/mol. The number of carbonyl (C=O) groups is 1. The Labute approximate surface area is 121 Å². The Morgan fingerprint density at radius 3 is 2.95 bits per heavy atom. The number of benzene rings is 1. The minimum absolute atomic E-state index is 0.0773. The number of methoxy groups -OCH3 is 1. The maximum atomic E-state index is 13.3. The van der Waals surface area contributed by atoms with E-state index in [1.54, 1.807) is 11.7 Å². The molecule has 0 aliphatic carbocycles. The van der Waals surface area contributed by atoms with Gasteiger partial charge in [0.1, 0.15) is 17.7 Å². The van der Waals surface area contributed by atoms with Crippen LogP contribution in [0.1, 0.15) is 34.1 Å². The predicted molar refractivity (Wildman–Crippen MR) is 73.2 cm³/mol. The van der Waals surface area contributed by atoms with Gasteiger partial charge >= 0.3 is 0 Å². The maximum Gasteiger partial charge on any atom is 0.218 e. The van der Waals surface area contributed by atoms with Gasteiger partial charge in [0, 0.05) is 13.1 Å². The highest BCUT2D eigenvalue weighted by molar-refractivity contribution is 6.00. The van der Waals surface area contributed by atoms with Crippen molar-refractivity contribution < 1.29 is 18.7 Å². The van der Waals surface area contributed by atoms with Gasteiger partial charge in [-0.1, -0.05) is 0 Å². The van der Waals surface area contributed by atoms with Crippen LogP contribution in [0.25, 0.3) is 0 Å². The maximum absolute atomic E-state index is 13.3. The van der Waals surface area contributed by atoms with Gasteiger partial charge in [-0.25, -0.2) is 9.07 Å². The number of aromatic nitrogens is 2. The summed E-state index contributed by atoms with van der Waals surface area (Å²) in [4.78, 5) is 12.2. The summed E-state index contributed by atoms with van der Waals surface area (Å²) in [5.41, 5.74) is 1.86. The molecule has 5 nitrogen and oxygen atoms in total. The zero-order valence-electron chi connectivity index (χ0n) is 12.0. The van der Waals surface area contributed by atoms with Crippen molar-refractivity contribution in [1.29, 1.82) is 0 Å². The van der Waals surface area contributed by atoms with Gasteiger partial charge in [-0.15, -0.1) is 0 Å². The quantitative estimate of drug-likeness (QED) is 0.853. The van der Waals surface area contributed by atoms with Gasteiger partial charge in [0.05, 0.1) is 30.4 Å². The Hall–Kier alpha value is -2.37. The van der Waals surface area contributed by atoms with E-state index in [1.165, 1.54) is 25.3 Å². The molecule has 0 N–H and O–H groups in total. The predicted octanol–water partition coefficient (Wildman–Crippen LogP) is 2.58. The first kappa shape index (κ1) is 13.6. The van der Waals surface area contributed by atoms with Gasteiger partial charge in [-0.05, 0) is 19.1 Å². The molecule has 0 bridgehead atoms. The first-order valence-electron chi connectivity index (χ1n) is 6.58. The number of ether oxygens (including phenoxy) is 2. The molecule has 0 radical (unpaired) electrons. The number of carbonyl (C=O) groups excluding carboxylic acids is 1. The van der Waals surface area contributed by atoms with Gasteiger partial charge in [-0.2, -0.15) is 5.10 Å². The lowest BCUT2D eigenvalue weighted by Gasteiger charge is -2.25. The summed E-state index contributed by atoms with van der Waals surface area (Å²) < 4.78 is 26.1. The molecule has 2 heterocycles. The number of nitrogens with zero attached hydrogens (tertiary/aromatic N) is 2. The highest BCUT2D eigenvalue weighted by atomic mass is 19.1. The fraction of sp³-hybridized carbons (Fsp3) is 0.333. The number of hydrogen-bond acceptors (Lipinski definition) is 4. The fourth-order valence-corrected chi connectivity index (χ4v) is 2.72. The van der Waals surface area contributed by atoms with Gasteiger partial charge in [0.25, 0.3) is 0 Å². The average molecular weight is 290 g/mol. The molecule has 1 aliphatic heterocycles. The Kier molecular flexibility index (Phi) is 3.16. The van der Waals surface area contributed by atoms with E-state index in [1.807, 2.05) is 6.92 Å². The molecule has 2 aromatic rings. The topological polar surface area (TPSA) is 53.4 Å². The van der Waals surface area contributed by atoms with Crippen LogP contribution < -0.4 is 9.47 Å². The Morgan fingerprint density at radius 1 is 1.48 bits per heavy atom. The van der Waals surface area contributed by atoms with Crippen LogP contribution in [-0.2, 0) is 7.05 Å². The van der Waals surface area contributed by atoms with Crippen molar-refractivity contribution in [2.24, 2.45) is 7.05 Å². The molecule has 21 heavy (non-hydrogen) atoms. The summed E-state index contributed by atoms with van der Waals surface area (Å²) in [6, 6.07) is 3.95. The molecular weight excluding hydrogens is 275 g/mol. The number of ketones is 1. The lowest BCUT2D eigenvalue weighted by Crippen LogP contribution is -2.21. The van der Waals surface area contributed by atoms with E-state index in [0.717, 1.165) is 11.3 Å². The highest BCUT2D eigenvalue weighted by Crippen LogP contribution is 2.39. The van der Waals surface area contributed by atoms with E-state index in [2.05, 4.69) is 5.10 Å². The number of aryl methyl sites for hydroxylation is 2. The second-order valence-electron chi connectivity index (χ2n) is 5.01. The zero-order chi connectivity index (χ0) is 15.1. The molecule has 1 aromatic heterocycles. The standard InChI is InChI=1S/C15H15FN2O3/c1-8-14(15(20-3)18(2)17-8)13-7-11(19)10-5-4-9(16)6-12(10)21-13/h4-6,13H,7H2,1-3H3. The molecule has 3 rings (SSSR count). The van der Waals surface area contributed by atoms with Crippen LogP contribution in [0.2, 0.25) is 0 Å². The molecule has 1 aromatic carbocycles. The van der Waals surface area contributed by atoms with E-state index in [9.17, 15) is 9.18 Å². The van der Waals surface area contributed by atoms with Crippen molar-refractivity contribution in [3.63, 3.8) is 0 Å². The van der Waals surface area contributed by atoms with Crippen molar-refractivity contribution >= 4 is 5.78 Å². The minimum atomic E-state index is -0.518. The third kappa shape index (κ3) is 2.16. The molecule has 1 atom stereocenters. The van der Waals surface area contributed by atoms with Crippen LogP contribution in [0, 0.1) is 12.7 Å². The Balaban J connectivity index is 2.05. The van der Waals surface area contributed by atoms with Crippen LogP contribution >= 0.6 is 0 Å². The molecule has 1 aliphatic rings. The smallest absolute Gasteiger partial charge is 0.218 e. The van der Waals surface area contributed by atoms with Crippen LogP contribution in [-0.4, -0.2) is 22.7 Å². The third-order valence-corrected chi connectivity index (χ3v) is 3.61. The summed E-state index contributed by atoms with van der Waals surface area (Å²) >= 11 is 0. The molecular formula is C15H15FN2O3. The first-order chi connectivity index (χ1) is 10.0. The van der Waals surface area contributed by atoms with Crippen molar-refractivity contribution in [3.8, 4) is 11.6 Å². The van der Waals surface area contributed by atoms with Gasteiger partial charge in [0.15, 0.2) is 5.78 Å². The largest absolute Gasteiger partial charge is 0.484 e. The van der Waals surface area contributed by atoms with Crippen LogP contribution in [0.15, 0.2) is 18.2 Å². The Bertz CT molecular complexity index is 724. The normalized spacial score (nSPS) is 17.3. The van der Waals surface area contributed by atoms with Crippen LogP contribution in [0.5, 0.6) is 11.6 Å². The summed E-state index contributed by atoms with van der Waals surface area (Å²) in [5.74, 6) is 0.301. The van der Waals surface area contributed by atoms with E-state index in [4.69, 9.17) is 9.47 Å².